The first kappa shape index (κ1) is 31.5. The third-order valence-electron chi connectivity index (χ3n) is 9.48. The molecular formula is C37H42N8O3. The van der Waals surface area contributed by atoms with E-state index in [2.05, 4.69) is 67.0 Å². The molecule has 1 unspecified atom stereocenters. The minimum absolute atomic E-state index is 0.0866. The van der Waals surface area contributed by atoms with Crippen molar-refractivity contribution in [3.8, 4) is 11.5 Å². The lowest BCUT2D eigenvalue weighted by molar-refractivity contribution is -0.128. The maximum atomic E-state index is 14.0. The lowest BCUT2D eigenvalue weighted by Gasteiger charge is -2.35. The van der Waals surface area contributed by atoms with E-state index < -0.39 is 11.6 Å². The molecule has 4 heterocycles. The molecule has 3 aromatic carbocycles. The Morgan fingerprint density at radius 1 is 0.896 bits per heavy atom. The van der Waals surface area contributed by atoms with Crippen LogP contribution in [-0.4, -0.2) is 70.0 Å². The van der Waals surface area contributed by atoms with Crippen LogP contribution in [0.4, 0.5) is 0 Å². The third kappa shape index (κ3) is 6.26. The van der Waals surface area contributed by atoms with Crippen molar-refractivity contribution in [2.45, 2.75) is 44.3 Å². The fraction of sp³-hybridized carbons (Fsp3) is 0.324. The normalized spacial score (nSPS) is 17.1. The van der Waals surface area contributed by atoms with Gasteiger partial charge >= 0.3 is 0 Å². The summed E-state index contributed by atoms with van der Waals surface area (Å²) in [5.74, 6) is 2.85. The molecule has 0 saturated carbocycles. The summed E-state index contributed by atoms with van der Waals surface area (Å²) in [5, 5.41) is 22.1. The number of carbonyl (C=O) groups excluding carboxylic acids is 1. The highest BCUT2D eigenvalue weighted by molar-refractivity contribution is 5.87. The maximum Gasteiger partial charge on any atom is 0.241 e. The lowest BCUT2D eigenvalue weighted by atomic mass is 9.97. The summed E-state index contributed by atoms with van der Waals surface area (Å²) in [6.45, 7) is 4.46. The number of fused-ring (bicyclic) bond motifs is 2. The monoisotopic (exact) mass is 646 g/mol. The zero-order valence-electron chi connectivity index (χ0n) is 27.6. The molecule has 2 atom stereocenters. The SMILES string of the molecule is COc1ccc(Cn2c(CCc3c[nH]c4ccccc34)nnc2[C@@H](Cc2c[nH]c3ccccc23)NC(=O)C2(C)CNCCN2)c(OC)c1. The van der Waals surface area contributed by atoms with Crippen molar-refractivity contribution in [2.24, 2.45) is 0 Å². The number of carbonyl (C=O) groups is 1. The summed E-state index contributed by atoms with van der Waals surface area (Å²) in [5.41, 5.74) is 4.66. The number of ether oxygens (including phenoxy) is 2. The molecule has 6 aromatic rings. The van der Waals surface area contributed by atoms with Gasteiger partial charge in [0, 0.05) is 78.3 Å². The molecule has 1 aliphatic rings. The standard InChI is InChI=1S/C37H42N8O3/c1-37(23-38-16-17-41-37)36(46)42-32(18-26-21-40-31-11-7-5-9-29(26)31)35-44-43-34(15-13-24-20-39-30-10-6-4-8-28(24)30)45(35)22-25-12-14-27(47-2)19-33(25)48-3/h4-12,14,19-21,32,38-41H,13,15-18,22-23H2,1-3H3,(H,42,46)/t32-,37?/m1/s1. The van der Waals surface area contributed by atoms with Gasteiger partial charge in [0.2, 0.25) is 5.91 Å². The first-order valence-corrected chi connectivity index (χ1v) is 16.5. The van der Waals surface area contributed by atoms with Crippen LogP contribution in [0.25, 0.3) is 21.8 Å². The largest absolute Gasteiger partial charge is 0.497 e. The molecule has 1 saturated heterocycles. The van der Waals surface area contributed by atoms with Gasteiger partial charge in [0.15, 0.2) is 5.82 Å². The molecule has 1 aliphatic heterocycles. The Bertz CT molecular complexity index is 2040. The number of H-pyrrole nitrogens is 2. The first-order valence-electron chi connectivity index (χ1n) is 16.5. The van der Waals surface area contributed by atoms with Crippen molar-refractivity contribution in [3.63, 3.8) is 0 Å². The van der Waals surface area contributed by atoms with Gasteiger partial charge in [0.25, 0.3) is 0 Å². The van der Waals surface area contributed by atoms with Crippen LogP contribution < -0.4 is 25.4 Å². The number of nitrogens with zero attached hydrogens (tertiary/aromatic N) is 3. The molecule has 5 N–H and O–H groups in total. The van der Waals surface area contributed by atoms with Gasteiger partial charge in [-0.25, -0.2) is 0 Å². The van der Waals surface area contributed by atoms with E-state index in [9.17, 15) is 4.79 Å². The Hall–Kier alpha value is -5.13. The molecule has 0 bridgehead atoms. The number of hydrogen-bond donors (Lipinski definition) is 5. The van der Waals surface area contributed by atoms with E-state index in [0.29, 0.717) is 49.8 Å². The molecule has 0 spiro atoms. The molecule has 1 amide bonds. The number of hydrogen-bond acceptors (Lipinski definition) is 7. The number of aromatic amines is 2. The van der Waals surface area contributed by atoms with Gasteiger partial charge in [0.05, 0.1) is 26.8 Å². The van der Waals surface area contributed by atoms with E-state index >= 15 is 0 Å². The van der Waals surface area contributed by atoms with Gasteiger partial charge in [-0.3, -0.25) is 4.79 Å². The Labute approximate surface area is 279 Å². The zero-order valence-corrected chi connectivity index (χ0v) is 27.6. The Morgan fingerprint density at radius 2 is 1.62 bits per heavy atom. The predicted molar refractivity (Wildman–Crippen MR) is 187 cm³/mol. The van der Waals surface area contributed by atoms with Gasteiger partial charge in [-0.2, -0.15) is 0 Å². The van der Waals surface area contributed by atoms with Crippen LogP contribution in [0.1, 0.15) is 41.3 Å². The second-order valence-electron chi connectivity index (χ2n) is 12.6. The molecular weight excluding hydrogens is 604 g/mol. The van der Waals surface area contributed by atoms with Gasteiger partial charge in [-0.1, -0.05) is 36.4 Å². The molecule has 248 valence electrons. The number of piperazine rings is 1. The Balaban J connectivity index is 1.29. The van der Waals surface area contributed by atoms with Crippen LogP contribution in [0, 0.1) is 0 Å². The summed E-state index contributed by atoms with van der Waals surface area (Å²) in [7, 11) is 3.31. The van der Waals surface area contributed by atoms with Crippen LogP contribution in [0.15, 0.2) is 79.1 Å². The van der Waals surface area contributed by atoms with Crippen molar-refractivity contribution in [1.82, 2.24) is 40.7 Å². The smallest absolute Gasteiger partial charge is 0.241 e. The van der Waals surface area contributed by atoms with E-state index in [1.54, 1.807) is 14.2 Å². The van der Waals surface area contributed by atoms with Gasteiger partial charge in [-0.05, 0) is 48.7 Å². The number of para-hydroxylation sites is 2. The highest BCUT2D eigenvalue weighted by Crippen LogP contribution is 2.30. The van der Waals surface area contributed by atoms with E-state index in [4.69, 9.17) is 19.7 Å². The quantitative estimate of drug-likeness (QED) is 0.133. The number of methoxy groups -OCH3 is 2. The molecule has 11 heteroatoms. The lowest BCUT2D eigenvalue weighted by Crippen LogP contribution is -2.65. The maximum absolute atomic E-state index is 14.0. The van der Waals surface area contributed by atoms with E-state index in [1.165, 1.54) is 10.9 Å². The van der Waals surface area contributed by atoms with Crippen molar-refractivity contribution < 1.29 is 14.3 Å². The summed E-state index contributed by atoms with van der Waals surface area (Å²) in [6.07, 6.45) is 6.06. The summed E-state index contributed by atoms with van der Waals surface area (Å²) >= 11 is 0. The molecule has 0 radical (unpaired) electrons. The fourth-order valence-electron chi connectivity index (χ4n) is 6.73. The second-order valence-corrected chi connectivity index (χ2v) is 12.6. The highest BCUT2D eigenvalue weighted by atomic mass is 16.5. The predicted octanol–water partition coefficient (Wildman–Crippen LogP) is 4.44. The average Bonchev–Trinajstić information content (AvgIpc) is 3.84. The molecule has 7 rings (SSSR count). The Kier molecular flexibility index (Phi) is 8.88. The van der Waals surface area contributed by atoms with Gasteiger partial charge in [0.1, 0.15) is 22.9 Å². The molecule has 1 fully saturated rings. The minimum Gasteiger partial charge on any atom is -0.497 e. The molecule has 0 aliphatic carbocycles. The zero-order chi connectivity index (χ0) is 33.1. The number of rotatable bonds is 12. The van der Waals surface area contributed by atoms with Crippen LogP contribution in [0.3, 0.4) is 0 Å². The van der Waals surface area contributed by atoms with Gasteiger partial charge < -0.3 is 40.0 Å². The third-order valence-corrected chi connectivity index (χ3v) is 9.48. The number of benzene rings is 3. The van der Waals surface area contributed by atoms with Crippen LogP contribution in [-0.2, 0) is 30.6 Å². The number of amides is 1. The summed E-state index contributed by atoms with van der Waals surface area (Å²) in [6, 6.07) is 21.9. The average molecular weight is 647 g/mol. The van der Waals surface area contributed by atoms with Crippen molar-refractivity contribution in [2.75, 3.05) is 33.9 Å². The van der Waals surface area contributed by atoms with Crippen molar-refractivity contribution in [1.29, 1.82) is 0 Å². The van der Waals surface area contributed by atoms with Crippen molar-refractivity contribution in [3.05, 3.63) is 107 Å². The Morgan fingerprint density at radius 3 is 2.33 bits per heavy atom. The van der Waals surface area contributed by atoms with E-state index in [-0.39, 0.29) is 5.91 Å². The van der Waals surface area contributed by atoms with E-state index in [1.807, 2.05) is 49.5 Å². The second kappa shape index (κ2) is 13.5. The van der Waals surface area contributed by atoms with E-state index in [0.717, 1.165) is 46.3 Å². The van der Waals surface area contributed by atoms with Crippen LogP contribution >= 0.6 is 0 Å². The summed E-state index contributed by atoms with van der Waals surface area (Å²) < 4.78 is 13.4. The number of aromatic nitrogens is 5. The first-order chi connectivity index (χ1) is 23.5. The molecule has 3 aromatic heterocycles. The van der Waals surface area contributed by atoms with Crippen LogP contribution in [0.2, 0.25) is 0 Å². The summed E-state index contributed by atoms with van der Waals surface area (Å²) in [4.78, 5) is 20.8. The topological polar surface area (TPSA) is 134 Å². The van der Waals surface area contributed by atoms with Crippen LogP contribution in [0.5, 0.6) is 11.5 Å². The molecule has 11 nitrogen and oxygen atoms in total. The highest BCUT2D eigenvalue weighted by Gasteiger charge is 2.37. The van der Waals surface area contributed by atoms with Crippen molar-refractivity contribution >= 4 is 27.7 Å². The number of nitrogens with one attached hydrogen (secondary N) is 5. The fourth-order valence-corrected chi connectivity index (χ4v) is 6.73. The van der Waals surface area contributed by atoms with Gasteiger partial charge in [-0.15, -0.1) is 10.2 Å². The molecule has 48 heavy (non-hydrogen) atoms. The number of aryl methyl sites for hydroxylation is 2. The minimum atomic E-state index is -0.765.